The molecule has 1 heterocycles. The maximum Gasteiger partial charge on any atom is 0.257 e. The standard InChI is InChI=1S/C20H21ClN2O3S/c21-19-9-8-17(27(25,26)23-10-1-2-11-23)13-18(19)20(24)22-16-7-6-14-4-3-5-15(14)12-16/h6-9,12-13H,1-5,10-11H2,(H,22,24). The molecule has 1 amide bonds. The van der Waals surface area contributed by atoms with Gasteiger partial charge in [0.25, 0.3) is 5.91 Å². The Labute approximate surface area is 164 Å². The molecule has 1 N–H and O–H groups in total. The van der Waals surface area contributed by atoms with Gasteiger partial charge in [0, 0.05) is 18.8 Å². The second-order valence-electron chi connectivity index (χ2n) is 7.04. The van der Waals surface area contributed by atoms with Gasteiger partial charge in [0.15, 0.2) is 0 Å². The fraction of sp³-hybridized carbons (Fsp3) is 0.350. The van der Waals surface area contributed by atoms with E-state index < -0.39 is 15.9 Å². The Morgan fingerprint density at radius 2 is 1.70 bits per heavy atom. The van der Waals surface area contributed by atoms with Crippen LogP contribution < -0.4 is 5.32 Å². The molecule has 0 unspecified atom stereocenters. The minimum Gasteiger partial charge on any atom is -0.322 e. The summed E-state index contributed by atoms with van der Waals surface area (Å²) in [5.74, 6) is -0.406. The first-order chi connectivity index (χ1) is 12.9. The lowest BCUT2D eigenvalue weighted by atomic mass is 10.1. The number of amides is 1. The zero-order chi connectivity index (χ0) is 19.0. The van der Waals surface area contributed by atoms with E-state index in [2.05, 4.69) is 5.32 Å². The molecule has 0 bridgehead atoms. The molecule has 1 saturated heterocycles. The van der Waals surface area contributed by atoms with Gasteiger partial charge in [-0.15, -0.1) is 0 Å². The molecular formula is C20H21ClN2O3S. The Kier molecular flexibility index (Phi) is 4.97. The van der Waals surface area contributed by atoms with Gasteiger partial charge in [-0.3, -0.25) is 4.79 Å². The zero-order valence-corrected chi connectivity index (χ0v) is 16.4. The third-order valence-electron chi connectivity index (χ3n) is 5.24. The van der Waals surface area contributed by atoms with Crippen molar-refractivity contribution in [2.45, 2.75) is 37.0 Å². The highest BCUT2D eigenvalue weighted by molar-refractivity contribution is 7.89. The van der Waals surface area contributed by atoms with E-state index in [0.717, 1.165) is 32.1 Å². The van der Waals surface area contributed by atoms with Crippen molar-refractivity contribution in [3.05, 3.63) is 58.1 Å². The molecule has 2 aromatic carbocycles. The lowest BCUT2D eigenvalue weighted by Crippen LogP contribution is -2.28. The molecule has 0 atom stereocenters. The first kappa shape index (κ1) is 18.5. The van der Waals surface area contributed by atoms with Crippen LogP contribution in [0.1, 0.15) is 40.7 Å². The molecule has 2 aromatic rings. The lowest BCUT2D eigenvalue weighted by Gasteiger charge is -2.16. The highest BCUT2D eigenvalue weighted by Crippen LogP contribution is 2.28. The summed E-state index contributed by atoms with van der Waals surface area (Å²) in [7, 11) is -3.60. The van der Waals surface area contributed by atoms with Crippen LogP contribution in [0.25, 0.3) is 0 Å². The van der Waals surface area contributed by atoms with Crippen LogP contribution in [-0.4, -0.2) is 31.7 Å². The van der Waals surface area contributed by atoms with E-state index in [1.807, 2.05) is 18.2 Å². The largest absolute Gasteiger partial charge is 0.322 e. The molecule has 5 nitrogen and oxygen atoms in total. The molecule has 27 heavy (non-hydrogen) atoms. The van der Waals surface area contributed by atoms with Crippen molar-refractivity contribution < 1.29 is 13.2 Å². The summed E-state index contributed by atoms with van der Waals surface area (Å²) in [4.78, 5) is 12.8. The van der Waals surface area contributed by atoms with E-state index in [1.165, 1.54) is 33.6 Å². The molecule has 1 fully saturated rings. The maximum absolute atomic E-state index is 12.8. The van der Waals surface area contributed by atoms with Crippen LogP contribution in [0.5, 0.6) is 0 Å². The van der Waals surface area contributed by atoms with Crippen molar-refractivity contribution in [3.63, 3.8) is 0 Å². The van der Waals surface area contributed by atoms with E-state index in [4.69, 9.17) is 11.6 Å². The Balaban J connectivity index is 1.60. The van der Waals surface area contributed by atoms with Gasteiger partial charge in [-0.05, 0) is 73.6 Å². The van der Waals surface area contributed by atoms with Gasteiger partial charge in [0.2, 0.25) is 10.0 Å². The number of halogens is 1. The number of rotatable bonds is 4. The van der Waals surface area contributed by atoms with Crippen molar-refractivity contribution in [1.29, 1.82) is 0 Å². The maximum atomic E-state index is 12.8. The van der Waals surface area contributed by atoms with Crippen LogP contribution in [0.2, 0.25) is 5.02 Å². The fourth-order valence-electron chi connectivity index (χ4n) is 3.76. The molecule has 1 aliphatic heterocycles. The molecule has 0 spiro atoms. The van der Waals surface area contributed by atoms with E-state index >= 15 is 0 Å². The molecule has 0 radical (unpaired) electrons. The van der Waals surface area contributed by atoms with Crippen molar-refractivity contribution >= 4 is 33.2 Å². The molecule has 1 aliphatic carbocycles. The molecule has 0 aromatic heterocycles. The summed E-state index contributed by atoms with van der Waals surface area (Å²) in [5.41, 5.74) is 3.44. The second kappa shape index (κ2) is 7.26. The van der Waals surface area contributed by atoms with Crippen LogP contribution in [-0.2, 0) is 22.9 Å². The average molecular weight is 405 g/mol. The number of aryl methyl sites for hydroxylation is 2. The van der Waals surface area contributed by atoms with Gasteiger partial charge in [-0.1, -0.05) is 17.7 Å². The number of fused-ring (bicyclic) bond motifs is 1. The molecule has 142 valence electrons. The van der Waals surface area contributed by atoms with Crippen LogP contribution in [0.15, 0.2) is 41.3 Å². The third kappa shape index (κ3) is 3.61. The van der Waals surface area contributed by atoms with E-state index in [9.17, 15) is 13.2 Å². The van der Waals surface area contributed by atoms with E-state index in [0.29, 0.717) is 18.8 Å². The lowest BCUT2D eigenvalue weighted by molar-refractivity contribution is 0.102. The summed E-state index contributed by atoms with van der Waals surface area (Å²) >= 11 is 6.19. The Bertz CT molecular complexity index is 998. The highest BCUT2D eigenvalue weighted by atomic mass is 35.5. The van der Waals surface area contributed by atoms with Crippen molar-refractivity contribution in [1.82, 2.24) is 4.31 Å². The highest BCUT2D eigenvalue weighted by Gasteiger charge is 2.28. The topological polar surface area (TPSA) is 66.5 Å². The van der Waals surface area contributed by atoms with Crippen molar-refractivity contribution in [3.8, 4) is 0 Å². The zero-order valence-electron chi connectivity index (χ0n) is 14.9. The van der Waals surface area contributed by atoms with Crippen molar-refractivity contribution in [2.75, 3.05) is 18.4 Å². The summed E-state index contributed by atoms with van der Waals surface area (Å²) < 4.78 is 27.0. The molecule has 7 heteroatoms. The first-order valence-corrected chi connectivity index (χ1v) is 11.0. The molecular weight excluding hydrogens is 384 g/mol. The van der Waals surface area contributed by atoms with Gasteiger partial charge in [-0.25, -0.2) is 8.42 Å². The quantitative estimate of drug-likeness (QED) is 0.841. The monoisotopic (exact) mass is 404 g/mol. The summed E-state index contributed by atoms with van der Waals surface area (Å²) in [6.07, 6.45) is 4.95. The van der Waals surface area contributed by atoms with Gasteiger partial charge in [0.05, 0.1) is 15.5 Å². The minimum absolute atomic E-state index is 0.105. The Morgan fingerprint density at radius 3 is 2.48 bits per heavy atom. The number of carbonyl (C=O) groups excluding carboxylic acids is 1. The predicted molar refractivity (Wildman–Crippen MR) is 106 cm³/mol. The number of carbonyl (C=O) groups is 1. The normalized spacial score (nSPS) is 17.1. The number of nitrogens with zero attached hydrogens (tertiary/aromatic N) is 1. The predicted octanol–water partition coefficient (Wildman–Crippen LogP) is 3.87. The molecule has 4 rings (SSSR count). The first-order valence-electron chi connectivity index (χ1n) is 9.18. The van der Waals surface area contributed by atoms with Crippen LogP contribution in [0, 0.1) is 0 Å². The number of benzene rings is 2. The van der Waals surface area contributed by atoms with Crippen molar-refractivity contribution in [2.24, 2.45) is 0 Å². The van der Waals surface area contributed by atoms with E-state index in [-0.39, 0.29) is 15.5 Å². The number of hydrogen-bond acceptors (Lipinski definition) is 3. The smallest absolute Gasteiger partial charge is 0.257 e. The summed E-state index contributed by atoms with van der Waals surface area (Å²) in [6, 6.07) is 10.2. The van der Waals surface area contributed by atoms with Gasteiger partial charge >= 0.3 is 0 Å². The Hall–Kier alpha value is -1.89. The summed E-state index contributed by atoms with van der Waals surface area (Å²) in [6.45, 7) is 1.03. The van der Waals surface area contributed by atoms with Crippen LogP contribution in [0.4, 0.5) is 5.69 Å². The number of sulfonamides is 1. The van der Waals surface area contributed by atoms with Gasteiger partial charge < -0.3 is 5.32 Å². The minimum atomic E-state index is -3.60. The Morgan fingerprint density at radius 1 is 0.963 bits per heavy atom. The van der Waals surface area contributed by atoms with Crippen LogP contribution in [0.3, 0.4) is 0 Å². The fourth-order valence-corrected chi connectivity index (χ4v) is 5.51. The average Bonchev–Trinajstić information content (AvgIpc) is 3.33. The van der Waals surface area contributed by atoms with Gasteiger partial charge in [0.1, 0.15) is 0 Å². The van der Waals surface area contributed by atoms with E-state index in [1.54, 1.807) is 0 Å². The molecule has 0 saturated carbocycles. The summed E-state index contributed by atoms with van der Waals surface area (Å²) in [5, 5.41) is 3.08. The second-order valence-corrected chi connectivity index (χ2v) is 9.39. The number of anilines is 1. The molecule has 2 aliphatic rings. The number of hydrogen-bond donors (Lipinski definition) is 1. The third-order valence-corrected chi connectivity index (χ3v) is 7.47. The SMILES string of the molecule is O=C(Nc1ccc2c(c1)CCC2)c1cc(S(=O)(=O)N2CCCC2)ccc1Cl. The number of nitrogens with one attached hydrogen (secondary N) is 1. The van der Waals surface area contributed by atoms with Crippen LogP contribution >= 0.6 is 11.6 Å². The van der Waals surface area contributed by atoms with Gasteiger partial charge in [-0.2, -0.15) is 4.31 Å².